The number of anilines is 2. The van der Waals surface area contributed by atoms with Gasteiger partial charge in [-0.25, -0.2) is 4.79 Å². The highest BCUT2D eigenvalue weighted by molar-refractivity contribution is 5.88. The van der Waals surface area contributed by atoms with Gasteiger partial charge in [-0.05, 0) is 12.1 Å². The molecule has 0 aromatic heterocycles. The lowest BCUT2D eigenvalue weighted by atomic mass is 10.2. The maximum Gasteiger partial charge on any atom is 0.409 e. The normalized spacial score (nSPS) is 9.38. The topological polar surface area (TPSA) is 52.6 Å². The number of hydrogen-bond acceptors (Lipinski definition) is 2. The highest BCUT2D eigenvalue weighted by Crippen LogP contribution is 2.22. The summed E-state index contributed by atoms with van der Waals surface area (Å²) in [5, 5.41) is 10.9. The average Bonchev–Trinajstić information content (AvgIpc) is 2.03. The van der Waals surface area contributed by atoms with Crippen LogP contribution in [0.4, 0.5) is 16.2 Å². The average molecular weight is 180 g/mol. The van der Waals surface area contributed by atoms with Gasteiger partial charge in [-0.2, -0.15) is 0 Å². The van der Waals surface area contributed by atoms with Gasteiger partial charge < -0.3 is 10.0 Å². The summed E-state index contributed by atoms with van der Waals surface area (Å²) < 4.78 is 0. The van der Waals surface area contributed by atoms with Crippen molar-refractivity contribution in [3.63, 3.8) is 0 Å². The van der Waals surface area contributed by atoms with Gasteiger partial charge in [0, 0.05) is 14.1 Å². The van der Waals surface area contributed by atoms with Crippen molar-refractivity contribution in [2.75, 3.05) is 24.3 Å². The predicted octanol–water partition coefficient (Wildman–Crippen LogP) is 1.84. The second kappa shape index (κ2) is 3.80. The smallest absolute Gasteiger partial charge is 0.409 e. The lowest BCUT2D eigenvalue weighted by Gasteiger charge is -2.16. The molecule has 0 atom stereocenters. The van der Waals surface area contributed by atoms with Crippen molar-refractivity contribution in [1.82, 2.24) is 0 Å². The monoisotopic (exact) mass is 180 g/mol. The molecule has 0 unspecified atom stereocenters. The summed E-state index contributed by atoms with van der Waals surface area (Å²) in [7, 11) is 3.73. The Balaban J connectivity index is 2.97. The van der Waals surface area contributed by atoms with Crippen LogP contribution in [0.3, 0.4) is 0 Å². The fourth-order valence-corrected chi connectivity index (χ4v) is 1.08. The fourth-order valence-electron chi connectivity index (χ4n) is 1.08. The van der Waals surface area contributed by atoms with E-state index in [2.05, 4.69) is 5.32 Å². The summed E-state index contributed by atoms with van der Waals surface area (Å²) in [5.74, 6) is 0. The Morgan fingerprint density at radius 1 is 1.38 bits per heavy atom. The van der Waals surface area contributed by atoms with Crippen LogP contribution >= 0.6 is 0 Å². The second-order valence-electron chi connectivity index (χ2n) is 2.84. The first-order chi connectivity index (χ1) is 6.11. The maximum atomic E-state index is 10.4. The molecular formula is C9H12N2O2. The standard InChI is InChI=1S/C9H12N2O2/c1-11(2)8-6-4-3-5-7(8)10-9(12)13/h3-6,10H,1-2H3,(H,12,13). The van der Waals surface area contributed by atoms with Gasteiger partial charge in [-0.1, -0.05) is 12.1 Å². The van der Waals surface area contributed by atoms with E-state index in [0.717, 1.165) is 5.69 Å². The van der Waals surface area contributed by atoms with Gasteiger partial charge >= 0.3 is 6.09 Å². The van der Waals surface area contributed by atoms with Crippen LogP contribution in [0.1, 0.15) is 0 Å². The molecule has 0 aliphatic rings. The molecule has 0 aliphatic carbocycles. The molecule has 4 nitrogen and oxygen atoms in total. The van der Waals surface area contributed by atoms with Gasteiger partial charge in [0.2, 0.25) is 0 Å². The van der Waals surface area contributed by atoms with Crippen molar-refractivity contribution in [2.45, 2.75) is 0 Å². The molecule has 0 spiro atoms. The lowest BCUT2D eigenvalue weighted by Crippen LogP contribution is -2.14. The number of amides is 1. The molecule has 0 radical (unpaired) electrons. The van der Waals surface area contributed by atoms with Crippen LogP contribution < -0.4 is 10.2 Å². The maximum absolute atomic E-state index is 10.4. The van der Waals surface area contributed by atoms with E-state index < -0.39 is 6.09 Å². The van der Waals surface area contributed by atoms with E-state index in [1.54, 1.807) is 12.1 Å². The van der Waals surface area contributed by atoms with Gasteiger partial charge in [0.05, 0.1) is 11.4 Å². The van der Waals surface area contributed by atoms with Crippen molar-refractivity contribution in [1.29, 1.82) is 0 Å². The van der Waals surface area contributed by atoms with Crippen molar-refractivity contribution < 1.29 is 9.90 Å². The van der Waals surface area contributed by atoms with E-state index in [-0.39, 0.29) is 0 Å². The van der Waals surface area contributed by atoms with E-state index in [1.807, 2.05) is 31.1 Å². The van der Waals surface area contributed by atoms with E-state index >= 15 is 0 Å². The minimum Gasteiger partial charge on any atom is -0.465 e. The fraction of sp³-hybridized carbons (Fsp3) is 0.222. The first-order valence-electron chi connectivity index (χ1n) is 3.87. The number of carbonyl (C=O) groups is 1. The molecule has 0 fully saturated rings. The zero-order valence-electron chi connectivity index (χ0n) is 7.61. The Bertz CT molecular complexity index is 310. The van der Waals surface area contributed by atoms with Gasteiger partial charge in [-0.3, -0.25) is 5.32 Å². The molecule has 70 valence electrons. The first-order valence-corrected chi connectivity index (χ1v) is 3.87. The Labute approximate surface area is 76.8 Å². The van der Waals surface area contributed by atoms with Crippen molar-refractivity contribution in [3.05, 3.63) is 24.3 Å². The molecule has 4 heteroatoms. The molecule has 0 heterocycles. The zero-order valence-corrected chi connectivity index (χ0v) is 7.61. The largest absolute Gasteiger partial charge is 0.465 e. The number of benzene rings is 1. The molecule has 0 aliphatic heterocycles. The number of rotatable bonds is 2. The third-order valence-electron chi connectivity index (χ3n) is 1.63. The number of nitrogens with zero attached hydrogens (tertiary/aromatic N) is 1. The third kappa shape index (κ3) is 2.37. The molecule has 1 aromatic rings. The lowest BCUT2D eigenvalue weighted by molar-refractivity contribution is 0.210. The van der Waals surface area contributed by atoms with Gasteiger partial charge in [-0.15, -0.1) is 0 Å². The van der Waals surface area contributed by atoms with Gasteiger partial charge in [0.25, 0.3) is 0 Å². The SMILES string of the molecule is CN(C)c1ccccc1NC(=O)O. The summed E-state index contributed by atoms with van der Waals surface area (Å²) in [6.45, 7) is 0. The van der Waals surface area contributed by atoms with Crippen LogP contribution in [0.5, 0.6) is 0 Å². The summed E-state index contributed by atoms with van der Waals surface area (Å²) >= 11 is 0. The first kappa shape index (κ1) is 9.38. The van der Waals surface area contributed by atoms with E-state index in [1.165, 1.54) is 0 Å². The molecule has 1 amide bonds. The second-order valence-corrected chi connectivity index (χ2v) is 2.84. The zero-order chi connectivity index (χ0) is 9.84. The summed E-state index contributed by atoms with van der Waals surface area (Å²) in [4.78, 5) is 12.3. The predicted molar refractivity (Wildman–Crippen MR) is 52.4 cm³/mol. The van der Waals surface area contributed by atoms with Crippen LogP contribution in [-0.4, -0.2) is 25.3 Å². The van der Waals surface area contributed by atoms with Crippen LogP contribution in [0.2, 0.25) is 0 Å². The minimum absolute atomic E-state index is 0.597. The van der Waals surface area contributed by atoms with E-state index in [4.69, 9.17) is 5.11 Å². The Kier molecular flexibility index (Phi) is 2.74. The van der Waals surface area contributed by atoms with Crippen LogP contribution in [0.25, 0.3) is 0 Å². The third-order valence-corrected chi connectivity index (χ3v) is 1.63. The minimum atomic E-state index is -1.05. The molecule has 0 saturated heterocycles. The van der Waals surface area contributed by atoms with Crippen molar-refractivity contribution in [2.24, 2.45) is 0 Å². The Hall–Kier alpha value is -1.71. The van der Waals surface area contributed by atoms with Gasteiger partial charge in [0.1, 0.15) is 0 Å². The molecule has 0 saturated carbocycles. The Morgan fingerprint density at radius 2 is 2.00 bits per heavy atom. The van der Waals surface area contributed by atoms with Crippen molar-refractivity contribution >= 4 is 17.5 Å². The van der Waals surface area contributed by atoms with Gasteiger partial charge in [0.15, 0.2) is 0 Å². The molecule has 13 heavy (non-hydrogen) atoms. The number of para-hydroxylation sites is 2. The summed E-state index contributed by atoms with van der Waals surface area (Å²) in [6.07, 6.45) is -1.05. The van der Waals surface area contributed by atoms with Crippen LogP contribution in [0, 0.1) is 0 Å². The number of carboxylic acid groups (broad SMARTS) is 1. The molecule has 1 rings (SSSR count). The van der Waals surface area contributed by atoms with E-state index in [9.17, 15) is 4.79 Å². The molecule has 0 bridgehead atoms. The highest BCUT2D eigenvalue weighted by Gasteiger charge is 2.04. The summed E-state index contributed by atoms with van der Waals surface area (Å²) in [5.41, 5.74) is 1.45. The molecular weight excluding hydrogens is 168 g/mol. The van der Waals surface area contributed by atoms with E-state index in [0.29, 0.717) is 5.69 Å². The van der Waals surface area contributed by atoms with Crippen LogP contribution in [0.15, 0.2) is 24.3 Å². The molecule has 1 aromatic carbocycles. The summed E-state index contributed by atoms with van der Waals surface area (Å²) in [6, 6.07) is 7.23. The molecule has 2 N–H and O–H groups in total. The number of hydrogen-bond donors (Lipinski definition) is 2. The number of nitrogens with one attached hydrogen (secondary N) is 1. The quantitative estimate of drug-likeness (QED) is 0.730. The van der Waals surface area contributed by atoms with Crippen molar-refractivity contribution in [3.8, 4) is 0 Å². The van der Waals surface area contributed by atoms with Crippen LogP contribution in [-0.2, 0) is 0 Å². The Morgan fingerprint density at radius 3 is 2.54 bits per heavy atom. The highest BCUT2D eigenvalue weighted by atomic mass is 16.4.